The molecule has 0 saturated carbocycles. The highest BCUT2D eigenvalue weighted by Gasteiger charge is 2.12. The number of nitrogens with two attached hydrogens (primary N) is 1. The maximum atomic E-state index is 12.6. The summed E-state index contributed by atoms with van der Waals surface area (Å²) < 4.78 is 1.85. The van der Waals surface area contributed by atoms with E-state index in [9.17, 15) is 4.79 Å². The lowest BCUT2D eigenvalue weighted by Gasteiger charge is -2.08. The summed E-state index contributed by atoms with van der Waals surface area (Å²) in [5.41, 5.74) is 12.0. The molecule has 2 aromatic carbocycles. The number of nitrogens with zero attached hydrogens (tertiary/aromatic N) is 3. The van der Waals surface area contributed by atoms with Crippen molar-refractivity contribution in [1.29, 1.82) is 0 Å². The van der Waals surface area contributed by atoms with Crippen molar-refractivity contribution in [1.82, 2.24) is 14.6 Å². The predicted molar refractivity (Wildman–Crippen MR) is 120 cm³/mol. The lowest BCUT2D eigenvalue weighted by Crippen LogP contribution is -2.02. The van der Waals surface area contributed by atoms with Gasteiger partial charge in [-0.2, -0.15) is 5.10 Å². The highest BCUT2D eigenvalue weighted by atomic mass is 16.1. The normalized spacial score (nSPS) is 11.3. The predicted octanol–water partition coefficient (Wildman–Crippen LogP) is 5.14. The smallest absolute Gasteiger partial charge is 0.162 e. The Labute approximate surface area is 176 Å². The molecule has 5 nitrogen and oxygen atoms in total. The van der Waals surface area contributed by atoms with Crippen molar-refractivity contribution in [2.45, 2.75) is 33.2 Å². The summed E-state index contributed by atoms with van der Waals surface area (Å²) >= 11 is 0. The average Bonchev–Trinajstić information content (AvgIpc) is 3.21. The third-order valence-electron chi connectivity index (χ3n) is 5.28. The molecule has 0 saturated heterocycles. The fraction of sp³-hybridized carbons (Fsp3) is 0.240. The van der Waals surface area contributed by atoms with Crippen molar-refractivity contribution in [2.75, 3.05) is 0 Å². The Morgan fingerprint density at radius 3 is 2.57 bits per heavy atom. The molecule has 2 aromatic heterocycles. The number of carbonyl (C=O) groups excluding carboxylic acids is 1. The van der Waals surface area contributed by atoms with Gasteiger partial charge in [0.05, 0.1) is 17.6 Å². The number of benzene rings is 2. The molecule has 0 radical (unpaired) electrons. The molecule has 30 heavy (non-hydrogen) atoms. The van der Waals surface area contributed by atoms with Gasteiger partial charge in [0.1, 0.15) is 0 Å². The maximum Gasteiger partial charge on any atom is 0.162 e. The van der Waals surface area contributed by atoms with E-state index < -0.39 is 0 Å². The lowest BCUT2D eigenvalue weighted by atomic mass is 9.99. The van der Waals surface area contributed by atoms with Gasteiger partial charge in [-0.25, -0.2) is 9.50 Å². The summed E-state index contributed by atoms with van der Waals surface area (Å²) in [7, 11) is 0. The van der Waals surface area contributed by atoms with Crippen molar-refractivity contribution in [2.24, 2.45) is 11.7 Å². The molecule has 0 fully saturated rings. The molecule has 4 rings (SSSR count). The Morgan fingerprint density at radius 1 is 1.03 bits per heavy atom. The fourth-order valence-corrected chi connectivity index (χ4v) is 3.45. The number of rotatable bonds is 7. The summed E-state index contributed by atoms with van der Waals surface area (Å²) in [4.78, 5) is 17.0. The second-order valence-corrected chi connectivity index (χ2v) is 7.97. The molecule has 152 valence electrons. The number of Topliss-reactive ketones (excluding diaryl/α,β-unsaturated/α-hetero) is 1. The van der Waals surface area contributed by atoms with Crippen LogP contribution in [0.3, 0.4) is 0 Å². The van der Waals surface area contributed by atoms with Crippen LogP contribution in [-0.4, -0.2) is 20.4 Å². The van der Waals surface area contributed by atoms with E-state index >= 15 is 0 Å². The molecule has 5 heteroatoms. The largest absolute Gasteiger partial charge is 0.326 e. The Hall–Kier alpha value is -3.31. The Bertz CT molecular complexity index is 1180. The summed E-state index contributed by atoms with van der Waals surface area (Å²) in [6, 6.07) is 19.7. The third kappa shape index (κ3) is 4.16. The number of imidazole rings is 1. The molecule has 0 amide bonds. The Morgan fingerprint density at radius 2 is 1.83 bits per heavy atom. The fourth-order valence-electron chi connectivity index (χ4n) is 3.45. The van der Waals surface area contributed by atoms with Crippen molar-refractivity contribution >= 4 is 11.4 Å². The highest BCUT2D eigenvalue weighted by Crippen LogP contribution is 2.24. The van der Waals surface area contributed by atoms with E-state index in [1.54, 1.807) is 0 Å². The minimum atomic E-state index is 0.176. The molecule has 2 heterocycles. The van der Waals surface area contributed by atoms with E-state index in [2.05, 4.69) is 18.8 Å². The monoisotopic (exact) mass is 398 g/mol. The number of aromatic nitrogens is 3. The topological polar surface area (TPSA) is 73.3 Å². The molecular weight excluding hydrogens is 372 g/mol. The Kier molecular flexibility index (Phi) is 5.72. The van der Waals surface area contributed by atoms with Crippen LogP contribution in [0, 0.1) is 5.92 Å². The number of hydrogen-bond donors (Lipinski definition) is 1. The number of fused-ring (bicyclic) bond motifs is 1. The summed E-state index contributed by atoms with van der Waals surface area (Å²) in [5.74, 6) is 0.690. The van der Waals surface area contributed by atoms with Crippen LogP contribution in [0.25, 0.3) is 28.2 Å². The van der Waals surface area contributed by atoms with Gasteiger partial charge in [-0.1, -0.05) is 56.3 Å². The van der Waals surface area contributed by atoms with Crippen LogP contribution in [0.15, 0.2) is 66.9 Å². The third-order valence-corrected chi connectivity index (χ3v) is 5.28. The first-order valence-corrected chi connectivity index (χ1v) is 10.3. The Balaban J connectivity index is 1.68. The first kappa shape index (κ1) is 20.0. The van der Waals surface area contributed by atoms with E-state index in [1.807, 2.05) is 71.4 Å². The van der Waals surface area contributed by atoms with Crippen LogP contribution in [0.2, 0.25) is 0 Å². The molecule has 0 atom stereocenters. The zero-order chi connectivity index (χ0) is 21.1. The molecule has 0 aliphatic rings. The van der Waals surface area contributed by atoms with Crippen LogP contribution in [-0.2, 0) is 6.54 Å². The summed E-state index contributed by atoms with van der Waals surface area (Å²) in [5, 5.41) is 4.82. The van der Waals surface area contributed by atoms with Gasteiger partial charge in [0.2, 0.25) is 0 Å². The quantitative estimate of drug-likeness (QED) is 0.437. The van der Waals surface area contributed by atoms with Crippen LogP contribution < -0.4 is 5.73 Å². The first-order valence-electron chi connectivity index (χ1n) is 10.3. The van der Waals surface area contributed by atoms with Crippen LogP contribution in [0.4, 0.5) is 0 Å². The maximum absolute atomic E-state index is 12.6. The van der Waals surface area contributed by atoms with Crippen LogP contribution >= 0.6 is 0 Å². The summed E-state index contributed by atoms with van der Waals surface area (Å²) in [6.07, 6.45) is 3.29. The number of carbonyl (C=O) groups is 1. The van der Waals surface area contributed by atoms with Gasteiger partial charge in [0, 0.05) is 29.7 Å². The van der Waals surface area contributed by atoms with E-state index in [-0.39, 0.29) is 5.78 Å². The van der Waals surface area contributed by atoms with Gasteiger partial charge in [-0.3, -0.25) is 4.79 Å². The molecule has 0 aliphatic heterocycles. The van der Waals surface area contributed by atoms with Gasteiger partial charge >= 0.3 is 0 Å². The first-order chi connectivity index (χ1) is 14.5. The zero-order valence-electron chi connectivity index (χ0n) is 17.4. The summed E-state index contributed by atoms with van der Waals surface area (Å²) in [6.45, 7) is 4.78. The van der Waals surface area contributed by atoms with Crippen molar-refractivity contribution in [3.63, 3.8) is 0 Å². The van der Waals surface area contributed by atoms with E-state index in [1.165, 1.54) is 0 Å². The molecule has 0 spiro atoms. The second-order valence-electron chi connectivity index (χ2n) is 7.97. The number of hydrogen-bond acceptors (Lipinski definition) is 4. The molecule has 0 unspecified atom stereocenters. The van der Waals surface area contributed by atoms with Gasteiger partial charge in [-0.05, 0) is 36.1 Å². The van der Waals surface area contributed by atoms with E-state index in [0.717, 1.165) is 45.7 Å². The van der Waals surface area contributed by atoms with Gasteiger partial charge in [0.25, 0.3) is 0 Å². The average molecular weight is 399 g/mol. The number of ketones is 1. The minimum absolute atomic E-state index is 0.176. The van der Waals surface area contributed by atoms with E-state index in [0.29, 0.717) is 18.9 Å². The molecular formula is C25H26N4O. The highest BCUT2D eigenvalue weighted by molar-refractivity contribution is 5.97. The molecule has 4 aromatic rings. The van der Waals surface area contributed by atoms with Crippen molar-refractivity contribution in [3.05, 3.63) is 78.0 Å². The lowest BCUT2D eigenvalue weighted by molar-refractivity contribution is 0.0975. The molecule has 0 bridgehead atoms. The second kappa shape index (κ2) is 8.59. The van der Waals surface area contributed by atoms with Crippen LogP contribution in [0.1, 0.15) is 42.6 Å². The molecule has 2 N–H and O–H groups in total. The van der Waals surface area contributed by atoms with Gasteiger partial charge < -0.3 is 5.73 Å². The van der Waals surface area contributed by atoms with Crippen LogP contribution in [0.5, 0.6) is 0 Å². The van der Waals surface area contributed by atoms with Gasteiger partial charge in [0.15, 0.2) is 11.4 Å². The molecule has 0 aliphatic carbocycles. The minimum Gasteiger partial charge on any atom is -0.326 e. The van der Waals surface area contributed by atoms with E-state index in [4.69, 9.17) is 10.8 Å². The zero-order valence-corrected chi connectivity index (χ0v) is 17.4. The van der Waals surface area contributed by atoms with Gasteiger partial charge in [-0.15, -0.1) is 0 Å². The van der Waals surface area contributed by atoms with Crippen molar-refractivity contribution < 1.29 is 4.79 Å². The standard InChI is InChI=1S/C25H26N4O/c1-17(2)6-12-24(30)21-5-3-4-20(14-21)22-11-13-25-27-16-23(29(25)28-22)19-9-7-18(15-26)8-10-19/h3-5,7-11,13-14,16-17H,6,12,15,26H2,1-2H3. The van der Waals surface area contributed by atoms with Crippen molar-refractivity contribution in [3.8, 4) is 22.5 Å². The SMILES string of the molecule is CC(C)CCC(=O)c1cccc(-c2ccc3ncc(-c4ccc(CN)cc4)n3n2)c1.